The van der Waals surface area contributed by atoms with Crippen LogP contribution in [0.15, 0.2) is 36.8 Å². The van der Waals surface area contributed by atoms with Crippen LogP contribution in [0.5, 0.6) is 0 Å². The molecule has 5 heteroatoms. The average molecular weight is 229 g/mol. The first-order valence-electron chi connectivity index (χ1n) is 5.04. The lowest BCUT2D eigenvalue weighted by Gasteiger charge is -2.08. The molecule has 0 aliphatic rings. The van der Waals surface area contributed by atoms with Crippen molar-refractivity contribution < 1.29 is 9.90 Å². The van der Waals surface area contributed by atoms with E-state index in [1.54, 1.807) is 6.20 Å². The van der Waals surface area contributed by atoms with E-state index in [0.717, 1.165) is 11.4 Å². The van der Waals surface area contributed by atoms with E-state index in [-0.39, 0.29) is 5.56 Å². The number of carboxylic acids is 1. The summed E-state index contributed by atoms with van der Waals surface area (Å²) < 4.78 is 0. The number of nitrogens with zero attached hydrogens (tertiary/aromatic N) is 2. The van der Waals surface area contributed by atoms with E-state index in [9.17, 15) is 4.79 Å². The molecule has 0 aromatic carbocycles. The zero-order valence-corrected chi connectivity index (χ0v) is 9.21. The molecule has 2 rings (SSSR count). The maximum atomic E-state index is 11.0. The summed E-state index contributed by atoms with van der Waals surface area (Å²) in [6.45, 7) is 1.89. The molecule has 5 nitrogen and oxygen atoms in total. The van der Waals surface area contributed by atoms with Gasteiger partial charge in [-0.15, -0.1) is 0 Å². The summed E-state index contributed by atoms with van der Waals surface area (Å²) in [5.74, 6) is -0.991. The Balaban J connectivity index is 2.30. The quantitative estimate of drug-likeness (QED) is 0.844. The SMILES string of the molecule is Cc1ccc(Nc2cnccc2C(=O)O)cn1. The van der Waals surface area contributed by atoms with Crippen molar-refractivity contribution in [1.29, 1.82) is 0 Å². The third kappa shape index (κ3) is 2.57. The number of anilines is 2. The standard InChI is InChI=1S/C12H11N3O2/c1-8-2-3-9(6-14-8)15-11-7-13-5-4-10(11)12(16)17/h2-7,15H,1H3,(H,16,17). The van der Waals surface area contributed by atoms with Gasteiger partial charge < -0.3 is 10.4 Å². The third-order valence-corrected chi connectivity index (χ3v) is 2.24. The highest BCUT2D eigenvalue weighted by Crippen LogP contribution is 2.19. The summed E-state index contributed by atoms with van der Waals surface area (Å²) in [7, 11) is 0. The molecular weight excluding hydrogens is 218 g/mol. The number of hydrogen-bond acceptors (Lipinski definition) is 4. The van der Waals surface area contributed by atoms with Crippen molar-refractivity contribution >= 4 is 17.3 Å². The Morgan fingerprint density at radius 1 is 1.29 bits per heavy atom. The second kappa shape index (κ2) is 4.61. The van der Waals surface area contributed by atoms with E-state index >= 15 is 0 Å². The molecule has 0 radical (unpaired) electrons. The molecule has 0 spiro atoms. The first-order chi connectivity index (χ1) is 8.16. The average Bonchev–Trinajstić information content (AvgIpc) is 2.32. The maximum Gasteiger partial charge on any atom is 0.337 e. The van der Waals surface area contributed by atoms with Gasteiger partial charge in [-0.05, 0) is 25.1 Å². The molecule has 0 saturated carbocycles. The molecule has 0 unspecified atom stereocenters. The Morgan fingerprint density at radius 2 is 2.12 bits per heavy atom. The Kier molecular flexibility index (Phi) is 3.00. The highest BCUT2D eigenvalue weighted by molar-refractivity contribution is 5.94. The minimum absolute atomic E-state index is 0.181. The molecule has 0 atom stereocenters. The predicted octanol–water partition coefficient (Wildman–Crippen LogP) is 2.23. The molecular formula is C12H11N3O2. The maximum absolute atomic E-state index is 11.0. The first-order valence-corrected chi connectivity index (χ1v) is 5.04. The van der Waals surface area contributed by atoms with E-state index in [1.165, 1.54) is 18.5 Å². The van der Waals surface area contributed by atoms with E-state index < -0.39 is 5.97 Å². The third-order valence-electron chi connectivity index (χ3n) is 2.24. The fourth-order valence-electron chi connectivity index (χ4n) is 1.38. The summed E-state index contributed by atoms with van der Waals surface area (Å²) in [5, 5.41) is 12.0. The minimum atomic E-state index is -0.991. The topological polar surface area (TPSA) is 75.1 Å². The molecule has 2 N–H and O–H groups in total. The van der Waals surface area contributed by atoms with E-state index in [4.69, 9.17) is 5.11 Å². The van der Waals surface area contributed by atoms with E-state index in [2.05, 4.69) is 15.3 Å². The number of carboxylic acid groups (broad SMARTS) is 1. The van der Waals surface area contributed by atoms with Gasteiger partial charge in [0.1, 0.15) is 0 Å². The molecule has 0 saturated heterocycles. The number of carbonyl (C=O) groups is 1. The number of aromatic nitrogens is 2. The summed E-state index contributed by atoms with van der Waals surface area (Å²) in [6, 6.07) is 5.13. The lowest BCUT2D eigenvalue weighted by molar-refractivity contribution is 0.0698. The summed E-state index contributed by atoms with van der Waals surface area (Å²) >= 11 is 0. The number of aryl methyl sites for hydroxylation is 1. The Hall–Kier alpha value is -2.43. The van der Waals surface area contributed by atoms with Gasteiger partial charge in [0, 0.05) is 11.9 Å². The molecule has 2 heterocycles. The lowest BCUT2D eigenvalue weighted by atomic mass is 10.2. The molecule has 0 bridgehead atoms. The number of nitrogens with one attached hydrogen (secondary N) is 1. The monoisotopic (exact) mass is 229 g/mol. The van der Waals surface area contributed by atoms with Crippen LogP contribution in [0.3, 0.4) is 0 Å². The van der Waals surface area contributed by atoms with Gasteiger partial charge in [0.25, 0.3) is 0 Å². The molecule has 2 aromatic rings. The van der Waals surface area contributed by atoms with Gasteiger partial charge >= 0.3 is 5.97 Å². The van der Waals surface area contributed by atoms with Crippen LogP contribution in [0.2, 0.25) is 0 Å². The van der Waals surface area contributed by atoms with Crippen molar-refractivity contribution in [2.75, 3.05) is 5.32 Å². The summed E-state index contributed by atoms with van der Waals surface area (Å²) in [5.41, 5.74) is 2.26. The Morgan fingerprint density at radius 3 is 2.76 bits per heavy atom. The van der Waals surface area contributed by atoms with Gasteiger partial charge in [0.2, 0.25) is 0 Å². The molecule has 0 fully saturated rings. The predicted molar refractivity (Wildman–Crippen MR) is 63.5 cm³/mol. The summed E-state index contributed by atoms with van der Waals surface area (Å²) in [4.78, 5) is 19.0. The van der Waals surface area contributed by atoms with Crippen molar-refractivity contribution in [3.63, 3.8) is 0 Å². The van der Waals surface area contributed by atoms with Crippen LogP contribution in [-0.4, -0.2) is 21.0 Å². The summed E-state index contributed by atoms with van der Waals surface area (Å²) in [6.07, 6.45) is 4.57. The van der Waals surface area contributed by atoms with Crippen molar-refractivity contribution in [2.45, 2.75) is 6.92 Å². The molecule has 0 aliphatic carbocycles. The Bertz CT molecular complexity index is 538. The fraction of sp³-hybridized carbons (Fsp3) is 0.0833. The molecule has 2 aromatic heterocycles. The van der Waals surface area contributed by atoms with Crippen LogP contribution in [0.25, 0.3) is 0 Å². The van der Waals surface area contributed by atoms with Crippen LogP contribution < -0.4 is 5.32 Å². The number of hydrogen-bond donors (Lipinski definition) is 2. The normalized spacial score (nSPS) is 9.94. The smallest absolute Gasteiger partial charge is 0.337 e. The number of rotatable bonds is 3. The fourth-order valence-corrected chi connectivity index (χ4v) is 1.38. The molecule has 0 amide bonds. The molecule has 0 aliphatic heterocycles. The van der Waals surface area contributed by atoms with Crippen LogP contribution in [0.1, 0.15) is 16.1 Å². The first kappa shape index (κ1) is 11.1. The largest absolute Gasteiger partial charge is 0.478 e. The van der Waals surface area contributed by atoms with Crippen LogP contribution in [0.4, 0.5) is 11.4 Å². The van der Waals surface area contributed by atoms with Gasteiger partial charge in [-0.1, -0.05) is 0 Å². The van der Waals surface area contributed by atoms with E-state index in [1.807, 2.05) is 19.1 Å². The van der Waals surface area contributed by atoms with Gasteiger partial charge in [-0.3, -0.25) is 9.97 Å². The molecule has 86 valence electrons. The number of aromatic carboxylic acids is 1. The zero-order chi connectivity index (χ0) is 12.3. The highest BCUT2D eigenvalue weighted by Gasteiger charge is 2.09. The van der Waals surface area contributed by atoms with Crippen molar-refractivity contribution in [3.05, 3.63) is 48.0 Å². The van der Waals surface area contributed by atoms with Crippen molar-refractivity contribution in [3.8, 4) is 0 Å². The van der Waals surface area contributed by atoms with Crippen molar-refractivity contribution in [1.82, 2.24) is 9.97 Å². The Labute approximate surface area is 98.2 Å². The van der Waals surface area contributed by atoms with Gasteiger partial charge in [-0.2, -0.15) is 0 Å². The van der Waals surface area contributed by atoms with Crippen molar-refractivity contribution in [2.24, 2.45) is 0 Å². The highest BCUT2D eigenvalue weighted by atomic mass is 16.4. The zero-order valence-electron chi connectivity index (χ0n) is 9.21. The van der Waals surface area contributed by atoms with Crippen LogP contribution in [0, 0.1) is 6.92 Å². The lowest BCUT2D eigenvalue weighted by Crippen LogP contribution is -2.03. The van der Waals surface area contributed by atoms with Gasteiger partial charge in [0.05, 0.1) is 29.3 Å². The van der Waals surface area contributed by atoms with E-state index in [0.29, 0.717) is 5.69 Å². The van der Waals surface area contributed by atoms with Crippen LogP contribution >= 0.6 is 0 Å². The van der Waals surface area contributed by atoms with Gasteiger partial charge in [0.15, 0.2) is 0 Å². The molecule has 17 heavy (non-hydrogen) atoms. The van der Waals surface area contributed by atoms with Gasteiger partial charge in [-0.25, -0.2) is 4.79 Å². The van der Waals surface area contributed by atoms with Crippen LogP contribution in [-0.2, 0) is 0 Å². The second-order valence-corrected chi connectivity index (χ2v) is 3.54. The number of pyridine rings is 2. The second-order valence-electron chi connectivity index (χ2n) is 3.54. The minimum Gasteiger partial charge on any atom is -0.478 e.